The fraction of sp³-hybridized carbons (Fsp3) is 0.391. The van der Waals surface area contributed by atoms with Crippen LogP contribution in [-0.4, -0.2) is 20.4 Å². The Hall–Kier alpha value is -4.84. The van der Waals surface area contributed by atoms with Gasteiger partial charge in [0.15, 0.2) is 0 Å². The molecule has 0 unspecified atom stereocenters. The molecule has 0 N–H and O–H groups in total. The highest BCUT2D eigenvalue weighted by atomic mass is 16.4. The molecular formula is C46H48N4O2. The van der Waals surface area contributed by atoms with E-state index in [0.717, 1.165) is 34.1 Å². The normalized spacial score (nSPS) is 24.0. The van der Waals surface area contributed by atoms with Crippen molar-refractivity contribution < 1.29 is 8.83 Å². The third-order valence-corrected chi connectivity index (χ3v) is 12.4. The topological polar surface area (TPSA) is 77.8 Å². The fourth-order valence-electron chi connectivity index (χ4n) is 10.0. The van der Waals surface area contributed by atoms with Gasteiger partial charge in [0.05, 0.1) is 0 Å². The van der Waals surface area contributed by atoms with E-state index in [0.29, 0.717) is 23.6 Å². The summed E-state index contributed by atoms with van der Waals surface area (Å²) in [5, 5.41) is 17.7. The SMILES string of the molecule is CC(C)(C)c1ccc(-c2nnc(-c3ccc(C45CC6CC(C4)CC(c4ccc(-c7nnc(-c8ccc(C(C)(C)C)cc8)o7)cc4)(C6)C5)cc3)o2)cc1. The van der Waals surface area contributed by atoms with E-state index >= 15 is 0 Å². The standard InChI is InChI=1S/C46H48N4O2/c1-43(2,3)35-15-7-31(8-16-35)39-47-49-41(51-39)33-11-19-37(20-12-33)45-24-29-23-30(25-45)27-46(26-29,28-45)38-21-13-34(14-22-38)42-50-48-40(52-42)32-9-17-36(18-10-32)44(4,5)6/h7-22,29-30H,23-28H2,1-6H3. The molecule has 0 amide bonds. The number of benzene rings is 4. The van der Waals surface area contributed by atoms with Crippen molar-refractivity contribution in [3.63, 3.8) is 0 Å². The molecule has 0 atom stereocenters. The average molecular weight is 689 g/mol. The molecule has 10 rings (SSSR count). The van der Waals surface area contributed by atoms with E-state index < -0.39 is 0 Å². The first-order valence-electron chi connectivity index (χ1n) is 19.0. The van der Waals surface area contributed by atoms with Gasteiger partial charge in [-0.25, -0.2) is 0 Å². The lowest BCUT2D eigenvalue weighted by Gasteiger charge is -2.63. The van der Waals surface area contributed by atoms with E-state index in [4.69, 9.17) is 8.83 Å². The van der Waals surface area contributed by atoms with Crippen LogP contribution in [0.2, 0.25) is 0 Å². The molecule has 52 heavy (non-hydrogen) atoms. The zero-order valence-electron chi connectivity index (χ0n) is 31.2. The van der Waals surface area contributed by atoms with Crippen LogP contribution in [-0.2, 0) is 21.7 Å². The molecule has 4 saturated carbocycles. The van der Waals surface area contributed by atoms with Gasteiger partial charge in [-0.15, -0.1) is 20.4 Å². The first-order valence-corrected chi connectivity index (χ1v) is 19.0. The molecule has 4 aliphatic carbocycles. The molecule has 2 aromatic heterocycles. The van der Waals surface area contributed by atoms with Gasteiger partial charge in [0.25, 0.3) is 0 Å². The van der Waals surface area contributed by atoms with E-state index in [1.807, 2.05) is 0 Å². The Bertz CT molecular complexity index is 2040. The van der Waals surface area contributed by atoms with Crippen LogP contribution >= 0.6 is 0 Å². The van der Waals surface area contributed by atoms with Crippen LogP contribution < -0.4 is 0 Å². The van der Waals surface area contributed by atoms with Crippen LogP contribution in [0.4, 0.5) is 0 Å². The molecule has 6 heteroatoms. The van der Waals surface area contributed by atoms with E-state index in [1.165, 1.54) is 60.8 Å². The van der Waals surface area contributed by atoms with Crippen molar-refractivity contribution in [2.45, 2.75) is 102 Å². The maximum absolute atomic E-state index is 6.19. The summed E-state index contributed by atoms with van der Waals surface area (Å²) in [5.74, 6) is 3.75. The molecule has 6 nitrogen and oxygen atoms in total. The molecule has 4 aromatic carbocycles. The number of hydrogen-bond acceptors (Lipinski definition) is 6. The van der Waals surface area contributed by atoms with Crippen LogP contribution in [0.3, 0.4) is 0 Å². The van der Waals surface area contributed by atoms with Crippen LogP contribution in [0.1, 0.15) is 102 Å². The maximum Gasteiger partial charge on any atom is 0.248 e. The Morgan fingerprint density at radius 3 is 1.02 bits per heavy atom. The highest BCUT2D eigenvalue weighted by molar-refractivity contribution is 5.61. The van der Waals surface area contributed by atoms with Crippen LogP contribution in [0.5, 0.6) is 0 Å². The van der Waals surface area contributed by atoms with Crippen molar-refractivity contribution in [1.82, 2.24) is 20.4 Å². The molecule has 4 bridgehead atoms. The summed E-state index contributed by atoms with van der Waals surface area (Å²) in [7, 11) is 0. The molecule has 2 heterocycles. The summed E-state index contributed by atoms with van der Waals surface area (Å²) in [6, 6.07) is 35.0. The predicted molar refractivity (Wildman–Crippen MR) is 206 cm³/mol. The largest absolute Gasteiger partial charge is 0.416 e. The van der Waals surface area contributed by atoms with Gasteiger partial charge >= 0.3 is 0 Å². The third kappa shape index (κ3) is 5.81. The van der Waals surface area contributed by atoms with Crippen molar-refractivity contribution in [2.75, 3.05) is 0 Å². The van der Waals surface area contributed by atoms with Crippen LogP contribution in [0.15, 0.2) is 106 Å². The first-order chi connectivity index (χ1) is 24.9. The molecule has 0 radical (unpaired) electrons. The average Bonchev–Trinajstić information content (AvgIpc) is 3.82. The lowest BCUT2D eigenvalue weighted by Crippen LogP contribution is -2.55. The van der Waals surface area contributed by atoms with Crippen molar-refractivity contribution in [3.05, 3.63) is 119 Å². The van der Waals surface area contributed by atoms with E-state index in [-0.39, 0.29) is 21.7 Å². The highest BCUT2D eigenvalue weighted by Gasteiger charge is 2.58. The summed E-state index contributed by atoms with van der Waals surface area (Å²) in [6.45, 7) is 13.3. The van der Waals surface area contributed by atoms with Gasteiger partial charge in [0, 0.05) is 22.3 Å². The molecule has 4 aliphatic rings. The molecule has 4 fully saturated rings. The van der Waals surface area contributed by atoms with E-state index in [9.17, 15) is 0 Å². The van der Waals surface area contributed by atoms with E-state index in [2.05, 4.69) is 159 Å². The second-order valence-corrected chi connectivity index (χ2v) is 18.2. The summed E-state index contributed by atoms with van der Waals surface area (Å²) in [5.41, 5.74) is 9.89. The second-order valence-electron chi connectivity index (χ2n) is 18.2. The van der Waals surface area contributed by atoms with Crippen molar-refractivity contribution in [2.24, 2.45) is 11.8 Å². The van der Waals surface area contributed by atoms with Gasteiger partial charge in [-0.05, 0) is 143 Å². The summed E-state index contributed by atoms with van der Waals surface area (Å²) < 4.78 is 12.4. The monoisotopic (exact) mass is 688 g/mol. The lowest BCUT2D eigenvalue weighted by molar-refractivity contribution is -0.0281. The zero-order chi connectivity index (χ0) is 35.9. The van der Waals surface area contributed by atoms with Crippen molar-refractivity contribution in [1.29, 1.82) is 0 Å². The fourth-order valence-corrected chi connectivity index (χ4v) is 10.0. The molecule has 264 valence electrons. The first kappa shape index (κ1) is 33.0. The lowest BCUT2D eigenvalue weighted by atomic mass is 9.41. The Kier molecular flexibility index (Phi) is 7.52. The number of rotatable bonds is 6. The minimum Gasteiger partial charge on any atom is -0.416 e. The Morgan fingerprint density at radius 1 is 0.442 bits per heavy atom. The Balaban J connectivity index is 0.933. The van der Waals surface area contributed by atoms with Crippen LogP contribution in [0, 0.1) is 11.8 Å². The minimum absolute atomic E-state index is 0.0998. The highest BCUT2D eigenvalue weighted by Crippen LogP contribution is 2.66. The third-order valence-electron chi connectivity index (χ3n) is 12.4. The van der Waals surface area contributed by atoms with Crippen molar-refractivity contribution in [3.8, 4) is 45.8 Å². The van der Waals surface area contributed by atoms with Gasteiger partial charge in [-0.3, -0.25) is 0 Å². The molecule has 0 spiro atoms. The Labute approximate surface area is 307 Å². The van der Waals surface area contributed by atoms with E-state index in [1.54, 1.807) is 0 Å². The zero-order valence-corrected chi connectivity index (χ0v) is 31.2. The predicted octanol–water partition coefficient (Wildman–Crippen LogP) is 11.5. The number of nitrogens with zero attached hydrogens (tertiary/aromatic N) is 4. The molecular weight excluding hydrogens is 641 g/mol. The quantitative estimate of drug-likeness (QED) is 0.173. The molecule has 0 saturated heterocycles. The minimum atomic E-state index is 0.0998. The van der Waals surface area contributed by atoms with Gasteiger partial charge in [0.1, 0.15) is 0 Å². The summed E-state index contributed by atoms with van der Waals surface area (Å²) in [4.78, 5) is 0. The second kappa shape index (κ2) is 11.8. The van der Waals surface area contributed by atoms with Gasteiger partial charge < -0.3 is 8.83 Å². The smallest absolute Gasteiger partial charge is 0.248 e. The Morgan fingerprint density at radius 2 is 0.731 bits per heavy atom. The number of hydrogen-bond donors (Lipinski definition) is 0. The van der Waals surface area contributed by atoms with Gasteiger partial charge in [-0.1, -0.05) is 90.1 Å². The van der Waals surface area contributed by atoms with Crippen molar-refractivity contribution >= 4 is 0 Å². The van der Waals surface area contributed by atoms with Gasteiger partial charge in [-0.2, -0.15) is 0 Å². The summed E-state index contributed by atoms with van der Waals surface area (Å²) in [6.07, 6.45) is 7.66. The molecule has 0 aliphatic heterocycles. The summed E-state index contributed by atoms with van der Waals surface area (Å²) >= 11 is 0. The molecule has 6 aromatic rings. The maximum atomic E-state index is 6.19. The number of aromatic nitrogens is 4. The van der Waals surface area contributed by atoms with Gasteiger partial charge in [0.2, 0.25) is 23.6 Å². The van der Waals surface area contributed by atoms with Crippen LogP contribution in [0.25, 0.3) is 45.8 Å².